The van der Waals surface area contributed by atoms with E-state index in [0.29, 0.717) is 12.6 Å². The smallest absolute Gasteiger partial charge is 0.132 e. The third kappa shape index (κ3) is 3.45. The highest BCUT2D eigenvalue weighted by molar-refractivity contribution is 5.29. The summed E-state index contributed by atoms with van der Waals surface area (Å²) in [7, 11) is 0. The van der Waals surface area contributed by atoms with Crippen LogP contribution in [-0.2, 0) is 6.61 Å². The summed E-state index contributed by atoms with van der Waals surface area (Å²) in [5, 5.41) is 14.2. The Bertz CT molecular complexity index is 586. The van der Waals surface area contributed by atoms with Crippen LogP contribution in [0, 0.1) is 0 Å². The molecule has 0 amide bonds. The lowest BCUT2D eigenvalue weighted by molar-refractivity contribution is 0.198. The number of rotatable bonds is 5. The number of ether oxygens (including phenoxy) is 1. The molecule has 0 bridgehead atoms. The number of hydrogen-bond acceptors (Lipinski definition) is 3. The van der Waals surface area contributed by atoms with Gasteiger partial charge in [0.25, 0.3) is 0 Å². The number of aromatic nitrogens is 2. The fraction of sp³-hybridized carbons (Fsp3) is 0.471. The Morgan fingerprint density at radius 1 is 1.33 bits per heavy atom. The van der Waals surface area contributed by atoms with Crippen molar-refractivity contribution in [2.45, 2.75) is 51.4 Å². The van der Waals surface area contributed by atoms with Crippen LogP contribution in [0.3, 0.4) is 0 Å². The highest BCUT2D eigenvalue weighted by Crippen LogP contribution is 2.28. The Kier molecular flexibility index (Phi) is 4.25. The zero-order chi connectivity index (χ0) is 14.7. The van der Waals surface area contributed by atoms with E-state index in [1.54, 1.807) is 6.92 Å². The molecule has 0 unspecified atom stereocenters. The van der Waals surface area contributed by atoms with Crippen molar-refractivity contribution in [1.82, 2.24) is 9.78 Å². The third-order valence-electron chi connectivity index (χ3n) is 4.09. The zero-order valence-electron chi connectivity index (χ0n) is 12.4. The average Bonchev–Trinajstić information content (AvgIpc) is 3.16. The summed E-state index contributed by atoms with van der Waals surface area (Å²) >= 11 is 0. The molecule has 112 valence electrons. The van der Waals surface area contributed by atoms with Crippen LogP contribution < -0.4 is 4.74 Å². The SMILES string of the molecule is C[C@@H](O)c1cccc(OCc2ccn(C3CCCC3)n2)c1. The maximum atomic E-state index is 9.59. The summed E-state index contributed by atoms with van der Waals surface area (Å²) in [5.74, 6) is 0.767. The van der Waals surface area contributed by atoms with E-state index < -0.39 is 6.10 Å². The van der Waals surface area contributed by atoms with Crippen LogP contribution in [0.2, 0.25) is 0 Å². The predicted octanol–water partition coefficient (Wildman–Crippen LogP) is 3.63. The first-order valence-electron chi connectivity index (χ1n) is 7.67. The van der Waals surface area contributed by atoms with Gasteiger partial charge in [0.1, 0.15) is 12.4 Å². The summed E-state index contributed by atoms with van der Waals surface area (Å²) < 4.78 is 7.85. The first-order chi connectivity index (χ1) is 10.2. The molecule has 1 fully saturated rings. The molecule has 0 saturated heterocycles. The molecular formula is C17H22N2O2. The van der Waals surface area contributed by atoms with Crippen LogP contribution in [0.5, 0.6) is 5.75 Å². The van der Waals surface area contributed by atoms with E-state index in [1.165, 1.54) is 25.7 Å². The second-order valence-corrected chi connectivity index (χ2v) is 5.76. The van der Waals surface area contributed by atoms with E-state index in [1.807, 2.05) is 30.3 Å². The molecule has 3 rings (SSSR count). The Hall–Kier alpha value is -1.81. The summed E-state index contributed by atoms with van der Waals surface area (Å²) in [5.41, 5.74) is 1.81. The van der Waals surface area contributed by atoms with E-state index in [0.717, 1.165) is 17.0 Å². The highest BCUT2D eigenvalue weighted by atomic mass is 16.5. The molecule has 1 aromatic carbocycles. The molecular weight excluding hydrogens is 264 g/mol. The molecule has 1 aromatic heterocycles. The zero-order valence-corrected chi connectivity index (χ0v) is 12.4. The predicted molar refractivity (Wildman–Crippen MR) is 81.1 cm³/mol. The average molecular weight is 286 g/mol. The van der Waals surface area contributed by atoms with Crippen molar-refractivity contribution < 1.29 is 9.84 Å². The van der Waals surface area contributed by atoms with Gasteiger partial charge in [-0.1, -0.05) is 25.0 Å². The molecule has 1 aliphatic carbocycles. The van der Waals surface area contributed by atoms with Crippen molar-refractivity contribution in [1.29, 1.82) is 0 Å². The largest absolute Gasteiger partial charge is 0.487 e. The molecule has 1 heterocycles. The van der Waals surface area contributed by atoms with E-state index in [9.17, 15) is 5.11 Å². The highest BCUT2D eigenvalue weighted by Gasteiger charge is 2.17. The Labute approximate surface area is 125 Å². The van der Waals surface area contributed by atoms with Gasteiger partial charge in [-0.2, -0.15) is 5.10 Å². The molecule has 4 heteroatoms. The van der Waals surface area contributed by atoms with Gasteiger partial charge >= 0.3 is 0 Å². The molecule has 0 spiro atoms. The lowest BCUT2D eigenvalue weighted by Crippen LogP contribution is -2.06. The second kappa shape index (κ2) is 6.31. The summed E-state index contributed by atoms with van der Waals surface area (Å²) in [6.45, 7) is 2.21. The lowest BCUT2D eigenvalue weighted by atomic mass is 10.1. The van der Waals surface area contributed by atoms with E-state index in [4.69, 9.17) is 4.74 Å². The van der Waals surface area contributed by atoms with Crippen LogP contribution in [0.4, 0.5) is 0 Å². The minimum atomic E-state index is -0.477. The van der Waals surface area contributed by atoms with Crippen LogP contribution in [0.15, 0.2) is 36.5 Å². The summed E-state index contributed by atoms with van der Waals surface area (Å²) in [6, 6.07) is 10.2. The van der Waals surface area contributed by atoms with Crippen LogP contribution in [0.1, 0.15) is 56.0 Å². The quantitative estimate of drug-likeness (QED) is 0.913. The van der Waals surface area contributed by atoms with Gasteiger partial charge in [0, 0.05) is 6.20 Å². The third-order valence-corrected chi connectivity index (χ3v) is 4.09. The number of nitrogens with zero attached hydrogens (tertiary/aromatic N) is 2. The molecule has 0 radical (unpaired) electrons. The Morgan fingerprint density at radius 3 is 2.90 bits per heavy atom. The molecule has 1 atom stereocenters. The van der Waals surface area contributed by atoms with E-state index in [2.05, 4.69) is 16.0 Å². The summed E-state index contributed by atoms with van der Waals surface area (Å²) in [4.78, 5) is 0. The Balaban J connectivity index is 1.61. The van der Waals surface area contributed by atoms with Gasteiger partial charge in [-0.15, -0.1) is 0 Å². The first kappa shape index (κ1) is 14.1. The molecule has 21 heavy (non-hydrogen) atoms. The monoisotopic (exact) mass is 286 g/mol. The molecule has 4 nitrogen and oxygen atoms in total. The minimum Gasteiger partial charge on any atom is -0.487 e. The number of benzene rings is 1. The van der Waals surface area contributed by atoms with Gasteiger partial charge in [0.2, 0.25) is 0 Å². The van der Waals surface area contributed by atoms with Crippen molar-refractivity contribution >= 4 is 0 Å². The standard InChI is InChI=1S/C17H22N2O2/c1-13(20)14-5-4-8-17(11-14)21-12-15-9-10-19(18-15)16-6-2-3-7-16/h4-5,8-11,13,16,20H,2-3,6-7,12H2,1H3/t13-/m1/s1. The fourth-order valence-electron chi connectivity index (χ4n) is 2.85. The minimum absolute atomic E-state index is 0.461. The van der Waals surface area contributed by atoms with Gasteiger partial charge < -0.3 is 9.84 Å². The maximum Gasteiger partial charge on any atom is 0.132 e. The summed E-state index contributed by atoms with van der Waals surface area (Å²) in [6.07, 6.45) is 6.66. The van der Waals surface area contributed by atoms with Gasteiger partial charge in [-0.3, -0.25) is 4.68 Å². The van der Waals surface area contributed by atoms with Crippen LogP contribution in [0.25, 0.3) is 0 Å². The molecule has 1 N–H and O–H groups in total. The van der Waals surface area contributed by atoms with Crippen molar-refractivity contribution in [3.05, 3.63) is 47.8 Å². The molecule has 1 aliphatic rings. The van der Waals surface area contributed by atoms with Crippen molar-refractivity contribution in [3.8, 4) is 5.75 Å². The number of hydrogen-bond donors (Lipinski definition) is 1. The van der Waals surface area contributed by atoms with Gasteiger partial charge in [0.05, 0.1) is 17.8 Å². The fourth-order valence-corrected chi connectivity index (χ4v) is 2.85. The van der Waals surface area contributed by atoms with Crippen LogP contribution >= 0.6 is 0 Å². The normalized spacial score (nSPS) is 17.0. The van der Waals surface area contributed by atoms with E-state index in [-0.39, 0.29) is 0 Å². The first-order valence-corrected chi connectivity index (χ1v) is 7.67. The van der Waals surface area contributed by atoms with Crippen molar-refractivity contribution in [3.63, 3.8) is 0 Å². The number of aliphatic hydroxyl groups is 1. The van der Waals surface area contributed by atoms with Crippen molar-refractivity contribution in [2.75, 3.05) is 0 Å². The number of aliphatic hydroxyl groups excluding tert-OH is 1. The van der Waals surface area contributed by atoms with Gasteiger partial charge in [-0.05, 0) is 43.5 Å². The molecule has 1 saturated carbocycles. The lowest BCUT2D eigenvalue weighted by Gasteiger charge is -2.10. The second-order valence-electron chi connectivity index (χ2n) is 5.76. The maximum absolute atomic E-state index is 9.59. The van der Waals surface area contributed by atoms with Gasteiger partial charge in [0.15, 0.2) is 0 Å². The molecule has 0 aliphatic heterocycles. The Morgan fingerprint density at radius 2 is 2.14 bits per heavy atom. The van der Waals surface area contributed by atoms with Gasteiger partial charge in [-0.25, -0.2) is 0 Å². The van der Waals surface area contributed by atoms with Crippen LogP contribution in [-0.4, -0.2) is 14.9 Å². The molecule has 2 aromatic rings. The van der Waals surface area contributed by atoms with Crippen molar-refractivity contribution in [2.24, 2.45) is 0 Å². The topological polar surface area (TPSA) is 47.3 Å². The van der Waals surface area contributed by atoms with E-state index >= 15 is 0 Å².